The molecule has 2 saturated heterocycles. The molecular weight excluding hydrogens is 502 g/mol. The van der Waals surface area contributed by atoms with Crippen molar-refractivity contribution in [3.63, 3.8) is 0 Å². The normalized spacial score (nSPS) is 18.8. The topological polar surface area (TPSA) is 106 Å². The predicted molar refractivity (Wildman–Crippen MR) is 152 cm³/mol. The number of β-amino-alcohol motifs (C(OH)–C–C–N with tert-alkyl or cyclic N) is 1. The first-order chi connectivity index (χ1) is 18.2. The molecule has 4 heterocycles. The van der Waals surface area contributed by atoms with E-state index in [9.17, 15) is 13.5 Å². The van der Waals surface area contributed by atoms with Crippen LogP contribution < -0.4 is 9.80 Å². The lowest BCUT2D eigenvalue weighted by Gasteiger charge is -2.36. The molecule has 0 bridgehead atoms. The zero-order valence-corrected chi connectivity index (χ0v) is 23.9. The summed E-state index contributed by atoms with van der Waals surface area (Å²) in [7, 11) is -2.93. The number of piperazine rings is 2. The molecule has 0 saturated carbocycles. The number of rotatable bonds is 11. The van der Waals surface area contributed by atoms with E-state index in [1.54, 1.807) is 0 Å². The van der Waals surface area contributed by atoms with Gasteiger partial charge in [-0.15, -0.1) is 5.10 Å². The lowest BCUT2D eigenvalue weighted by Crippen LogP contribution is -2.48. The highest BCUT2D eigenvalue weighted by molar-refractivity contribution is 7.90. The highest BCUT2D eigenvalue weighted by atomic mass is 32.2. The van der Waals surface area contributed by atoms with Crippen molar-refractivity contribution in [2.24, 2.45) is 0 Å². The number of sulfone groups is 1. The summed E-state index contributed by atoms with van der Waals surface area (Å²) in [5.74, 6) is 1.49. The predicted octanol–water partition coefficient (Wildman–Crippen LogP) is 1.28. The Kier molecular flexibility index (Phi) is 9.91. The summed E-state index contributed by atoms with van der Waals surface area (Å²) in [5, 5.41) is 19.5. The van der Waals surface area contributed by atoms with E-state index in [0.717, 1.165) is 69.6 Å². The molecule has 1 unspecified atom stereocenters. The molecule has 0 aromatic carbocycles. The van der Waals surface area contributed by atoms with Gasteiger partial charge in [-0.3, -0.25) is 14.8 Å². The summed E-state index contributed by atoms with van der Waals surface area (Å²) in [6.45, 7) is 12.6. The molecule has 11 heteroatoms. The van der Waals surface area contributed by atoms with E-state index in [1.165, 1.54) is 11.9 Å². The second-order valence-electron chi connectivity index (χ2n) is 10.9. The van der Waals surface area contributed by atoms with Crippen molar-refractivity contribution in [3.8, 4) is 0 Å². The number of aryl methyl sites for hydroxylation is 1. The largest absolute Gasteiger partial charge is 0.392 e. The van der Waals surface area contributed by atoms with E-state index in [-0.39, 0.29) is 5.75 Å². The minimum atomic E-state index is -2.93. The fraction of sp³-hybridized carbons (Fsp3) is 0.667. The Bertz CT molecular complexity index is 1100. The third-order valence-corrected chi connectivity index (χ3v) is 8.41. The minimum Gasteiger partial charge on any atom is -0.392 e. The summed E-state index contributed by atoms with van der Waals surface area (Å²) in [6, 6.07) is 8.29. The van der Waals surface area contributed by atoms with Gasteiger partial charge in [0.1, 0.15) is 9.84 Å². The van der Waals surface area contributed by atoms with Crippen molar-refractivity contribution >= 4 is 21.3 Å². The number of aromatic nitrogens is 3. The van der Waals surface area contributed by atoms with Gasteiger partial charge in [-0.1, -0.05) is 13.8 Å². The molecule has 1 N–H and O–H groups in total. The lowest BCUT2D eigenvalue weighted by atomic mass is 10.1. The summed E-state index contributed by atoms with van der Waals surface area (Å²) >= 11 is 0. The Morgan fingerprint density at radius 3 is 2.16 bits per heavy atom. The molecule has 0 aliphatic carbocycles. The van der Waals surface area contributed by atoms with Crippen LogP contribution in [0.4, 0.5) is 11.5 Å². The maximum absolute atomic E-state index is 11.4. The van der Waals surface area contributed by atoms with Crippen LogP contribution in [0, 0.1) is 0 Å². The molecule has 2 aliphatic rings. The molecular formula is C27H43N7O3S. The van der Waals surface area contributed by atoms with E-state index in [1.807, 2.05) is 18.3 Å². The fourth-order valence-corrected chi connectivity index (χ4v) is 5.56. The van der Waals surface area contributed by atoms with Gasteiger partial charge >= 0.3 is 0 Å². The maximum atomic E-state index is 11.4. The third-order valence-electron chi connectivity index (χ3n) is 7.48. The number of hydrogen-bond donors (Lipinski definition) is 1. The van der Waals surface area contributed by atoms with E-state index >= 15 is 0 Å². The van der Waals surface area contributed by atoms with E-state index < -0.39 is 15.9 Å². The van der Waals surface area contributed by atoms with Gasteiger partial charge in [-0.25, -0.2) is 8.42 Å². The van der Waals surface area contributed by atoms with Gasteiger partial charge in [-0.05, 0) is 43.0 Å². The van der Waals surface area contributed by atoms with Crippen LogP contribution in [0.1, 0.15) is 37.6 Å². The van der Waals surface area contributed by atoms with Crippen molar-refractivity contribution in [1.29, 1.82) is 0 Å². The van der Waals surface area contributed by atoms with Crippen molar-refractivity contribution in [2.45, 2.75) is 38.7 Å². The summed E-state index contributed by atoms with van der Waals surface area (Å²) in [5.41, 5.74) is 3.18. The number of anilines is 2. The first-order valence-electron chi connectivity index (χ1n) is 13.8. The van der Waals surface area contributed by atoms with Gasteiger partial charge in [-0.2, -0.15) is 5.10 Å². The van der Waals surface area contributed by atoms with Gasteiger partial charge < -0.3 is 14.9 Å². The Morgan fingerprint density at radius 1 is 0.895 bits per heavy atom. The van der Waals surface area contributed by atoms with Gasteiger partial charge in [0.2, 0.25) is 0 Å². The second-order valence-corrected chi connectivity index (χ2v) is 13.2. The van der Waals surface area contributed by atoms with Crippen molar-refractivity contribution in [2.75, 3.05) is 87.3 Å². The summed E-state index contributed by atoms with van der Waals surface area (Å²) in [4.78, 5) is 13.7. The van der Waals surface area contributed by atoms with Crippen LogP contribution in [0.3, 0.4) is 0 Å². The highest BCUT2D eigenvalue weighted by Crippen LogP contribution is 2.19. The SMILES string of the molecule is CC(C)c1ccc(N2CCN(CC(O)CCc3ccc(N4CCN(CCS(C)(=O)=O)CC4)nn3)CC2)cn1. The average molecular weight is 546 g/mol. The van der Waals surface area contributed by atoms with Crippen LogP contribution in [0.5, 0.6) is 0 Å². The van der Waals surface area contributed by atoms with Crippen molar-refractivity contribution < 1.29 is 13.5 Å². The first kappa shape index (κ1) is 28.7. The molecule has 2 aliphatic heterocycles. The standard InChI is InChI=1S/C27H43N7O3S/c1-22(2)26-8-6-24(20-28-26)33-14-12-32(13-15-33)21-25(35)7-4-23-5-9-27(30-29-23)34-16-10-31(11-17-34)18-19-38(3,36)37/h5-6,8-9,20,22,25,35H,4,7,10-19,21H2,1-3H3. The van der Waals surface area contributed by atoms with Crippen molar-refractivity contribution in [1.82, 2.24) is 25.0 Å². The molecule has 2 fully saturated rings. The Hall–Kier alpha value is -2.34. The molecule has 10 nitrogen and oxygen atoms in total. The van der Waals surface area contributed by atoms with Crippen LogP contribution in [0.15, 0.2) is 30.5 Å². The number of aliphatic hydroxyl groups excluding tert-OH is 1. The maximum Gasteiger partial charge on any atom is 0.151 e. The van der Waals surface area contributed by atoms with E-state index in [0.29, 0.717) is 31.8 Å². The quantitative estimate of drug-likeness (QED) is 0.444. The van der Waals surface area contributed by atoms with Crippen LogP contribution in [-0.4, -0.2) is 122 Å². The van der Waals surface area contributed by atoms with Gasteiger partial charge in [0, 0.05) is 77.4 Å². The third kappa shape index (κ3) is 8.59. The van der Waals surface area contributed by atoms with Crippen LogP contribution in [0.25, 0.3) is 0 Å². The molecule has 2 aromatic heterocycles. The van der Waals surface area contributed by atoms with Crippen LogP contribution in [-0.2, 0) is 16.3 Å². The average Bonchev–Trinajstić information content (AvgIpc) is 2.91. The van der Waals surface area contributed by atoms with Crippen molar-refractivity contribution in [3.05, 3.63) is 41.9 Å². The van der Waals surface area contributed by atoms with E-state index in [2.05, 4.69) is 60.8 Å². The van der Waals surface area contributed by atoms with Gasteiger partial charge in [0.15, 0.2) is 5.82 Å². The molecule has 2 aromatic rings. The molecule has 0 radical (unpaired) electrons. The summed E-state index contributed by atoms with van der Waals surface area (Å²) in [6.07, 6.45) is 4.23. The number of aliphatic hydroxyl groups is 1. The minimum absolute atomic E-state index is 0.203. The van der Waals surface area contributed by atoms with E-state index in [4.69, 9.17) is 0 Å². The smallest absolute Gasteiger partial charge is 0.151 e. The number of nitrogens with zero attached hydrogens (tertiary/aromatic N) is 7. The fourth-order valence-electron chi connectivity index (χ4n) is 4.97. The molecule has 210 valence electrons. The van der Waals surface area contributed by atoms with Crippen LogP contribution >= 0.6 is 0 Å². The number of hydrogen-bond acceptors (Lipinski definition) is 10. The highest BCUT2D eigenvalue weighted by Gasteiger charge is 2.21. The van der Waals surface area contributed by atoms with Crippen LogP contribution in [0.2, 0.25) is 0 Å². The Labute approximate surface area is 227 Å². The zero-order valence-electron chi connectivity index (χ0n) is 23.0. The summed E-state index contributed by atoms with van der Waals surface area (Å²) < 4.78 is 22.8. The first-order valence-corrected chi connectivity index (χ1v) is 15.8. The monoisotopic (exact) mass is 545 g/mol. The number of pyridine rings is 1. The Morgan fingerprint density at radius 2 is 1.58 bits per heavy atom. The lowest BCUT2D eigenvalue weighted by molar-refractivity contribution is 0.102. The van der Waals surface area contributed by atoms with Gasteiger partial charge in [0.25, 0.3) is 0 Å². The molecule has 4 rings (SSSR count). The zero-order chi connectivity index (χ0) is 27.1. The second kappa shape index (κ2) is 13.1. The molecule has 38 heavy (non-hydrogen) atoms. The Balaban J connectivity index is 1.14. The molecule has 1 atom stereocenters. The molecule has 0 spiro atoms. The van der Waals surface area contributed by atoms with Gasteiger partial charge in [0.05, 0.1) is 29.4 Å². The molecule has 0 amide bonds.